The SMILES string of the molecule is C[C@@H]1C[C@H]1C(=O)Nc1ccc(C(=O)Nc2cccc(NC(N)=O)c2)cc1. The van der Waals surface area contributed by atoms with Crippen LogP contribution in [0.4, 0.5) is 21.9 Å². The van der Waals surface area contributed by atoms with Crippen LogP contribution in [0.25, 0.3) is 0 Å². The summed E-state index contributed by atoms with van der Waals surface area (Å²) in [5.74, 6) is 0.266. The van der Waals surface area contributed by atoms with E-state index >= 15 is 0 Å². The van der Waals surface area contributed by atoms with Crippen molar-refractivity contribution in [1.29, 1.82) is 0 Å². The van der Waals surface area contributed by atoms with Crippen LogP contribution in [0.3, 0.4) is 0 Å². The fourth-order valence-electron chi connectivity index (χ4n) is 2.65. The molecule has 2 aromatic carbocycles. The highest BCUT2D eigenvalue weighted by molar-refractivity contribution is 6.05. The summed E-state index contributed by atoms with van der Waals surface area (Å²) >= 11 is 0. The van der Waals surface area contributed by atoms with Gasteiger partial charge in [-0.05, 0) is 54.8 Å². The lowest BCUT2D eigenvalue weighted by Crippen LogP contribution is -2.19. The Balaban J connectivity index is 1.61. The van der Waals surface area contributed by atoms with Crippen LogP contribution < -0.4 is 21.7 Å². The van der Waals surface area contributed by atoms with Crippen LogP contribution >= 0.6 is 0 Å². The van der Waals surface area contributed by atoms with Gasteiger partial charge < -0.3 is 21.7 Å². The number of nitrogens with two attached hydrogens (primary N) is 1. The highest BCUT2D eigenvalue weighted by Gasteiger charge is 2.39. The van der Waals surface area contributed by atoms with E-state index in [1.165, 1.54) is 0 Å². The molecule has 0 spiro atoms. The van der Waals surface area contributed by atoms with Crippen molar-refractivity contribution in [3.63, 3.8) is 0 Å². The van der Waals surface area contributed by atoms with E-state index in [-0.39, 0.29) is 17.7 Å². The van der Waals surface area contributed by atoms with E-state index in [9.17, 15) is 14.4 Å². The topological polar surface area (TPSA) is 113 Å². The number of carbonyl (C=O) groups excluding carboxylic acids is 3. The second-order valence-corrected chi connectivity index (χ2v) is 6.41. The molecule has 0 saturated heterocycles. The maximum atomic E-state index is 12.3. The molecule has 26 heavy (non-hydrogen) atoms. The molecule has 0 unspecified atom stereocenters. The number of carbonyl (C=O) groups is 3. The zero-order chi connectivity index (χ0) is 18.7. The van der Waals surface area contributed by atoms with Crippen molar-refractivity contribution in [2.45, 2.75) is 13.3 Å². The Labute approximate surface area is 151 Å². The fraction of sp³-hybridized carbons (Fsp3) is 0.211. The summed E-state index contributed by atoms with van der Waals surface area (Å²) in [5, 5.41) is 8.05. The van der Waals surface area contributed by atoms with E-state index in [1.54, 1.807) is 48.5 Å². The monoisotopic (exact) mass is 352 g/mol. The molecule has 0 bridgehead atoms. The summed E-state index contributed by atoms with van der Waals surface area (Å²) in [6.07, 6.45) is 0.927. The van der Waals surface area contributed by atoms with Gasteiger partial charge in [0.25, 0.3) is 5.91 Å². The second-order valence-electron chi connectivity index (χ2n) is 6.41. The minimum atomic E-state index is -0.674. The number of benzene rings is 2. The normalized spacial score (nSPS) is 17.9. The Hall–Kier alpha value is -3.35. The Kier molecular flexibility index (Phi) is 4.88. The van der Waals surface area contributed by atoms with Crippen LogP contribution in [0.5, 0.6) is 0 Å². The van der Waals surface area contributed by atoms with Gasteiger partial charge in [0.2, 0.25) is 5.91 Å². The molecule has 134 valence electrons. The summed E-state index contributed by atoms with van der Waals surface area (Å²) in [4.78, 5) is 35.1. The highest BCUT2D eigenvalue weighted by Crippen LogP contribution is 2.38. The van der Waals surface area contributed by atoms with Gasteiger partial charge in [-0.2, -0.15) is 0 Å². The lowest BCUT2D eigenvalue weighted by Gasteiger charge is -2.09. The number of nitrogens with one attached hydrogen (secondary N) is 3. The highest BCUT2D eigenvalue weighted by atomic mass is 16.2. The average Bonchev–Trinajstić information content (AvgIpc) is 3.32. The zero-order valence-corrected chi connectivity index (χ0v) is 14.3. The number of hydrogen-bond donors (Lipinski definition) is 4. The lowest BCUT2D eigenvalue weighted by atomic mass is 10.1. The molecule has 2 atom stereocenters. The van der Waals surface area contributed by atoms with Gasteiger partial charge in [0, 0.05) is 28.5 Å². The Bertz CT molecular complexity index is 848. The quantitative estimate of drug-likeness (QED) is 0.663. The molecule has 7 heteroatoms. The third-order valence-corrected chi connectivity index (χ3v) is 4.25. The Morgan fingerprint density at radius 2 is 1.54 bits per heavy atom. The van der Waals surface area contributed by atoms with Crippen LogP contribution in [0.2, 0.25) is 0 Å². The molecule has 1 aliphatic rings. The summed E-state index contributed by atoms with van der Waals surface area (Å²) in [7, 11) is 0. The number of rotatable bonds is 5. The van der Waals surface area contributed by atoms with Gasteiger partial charge in [-0.3, -0.25) is 9.59 Å². The molecule has 1 saturated carbocycles. The van der Waals surface area contributed by atoms with Crippen molar-refractivity contribution in [3.8, 4) is 0 Å². The summed E-state index contributed by atoms with van der Waals surface area (Å²) in [6.45, 7) is 2.05. The minimum Gasteiger partial charge on any atom is -0.351 e. The predicted octanol–water partition coefficient (Wildman–Crippen LogP) is 3.02. The van der Waals surface area contributed by atoms with Crippen molar-refractivity contribution in [3.05, 3.63) is 54.1 Å². The number of urea groups is 1. The van der Waals surface area contributed by atoms with Crippen LogP contribution in [0, 0.1) is 11.8 Å². The molecular formula is C19H20N4O3. The van der Waals surface area contributed by atoms with Crippen molar-refractivity contribution in [2.75, 3.05) is 16.0 Å². The molecule has 0 heterocycles. The first-order chi connectivity index (χ1) is 12.4. The smallest absolute Gasteiger partial charge is 0.316 e. The summed E-state index contributed by atoms with van der Waals surface area (Å²) < 4.78 is 0. The molecule has 0 aliphatic heterocycles. The first-order valence-corrected chi connectivity index (χ1v) is 8.31. The maximum Gasteiger partial charge on any atom is 0.316 e. The van der Waals surface area contributed by atoms with Gasteiger partial charge in [0.1, 0.15) is 0 Å². The largest absolute Gasteiger partial charge is 0.351 e. The average molecular weight is 352 g/mol. The van der Waals surface area contributed by atoms with E-state index in [4.69, 9.17) is 5.73 Å². The van der Waals surface area contributed by atoms with Crippen LogP contribution in [-0.4, -0.2) is 17.8 Å². The molecule has 2 aromatic rings. The number of hydrogen-bond acceptors (Lipinski definition) is 3. The van der Waals surface area contributed by atoms with Crippen molar-refractivity contribution in [2.24, 2.45) is 17.6 Å². The van der Waals surface area contributed by atoms with Crippen molar-refractivity contribution >= 4 is 34.9 Å². The zero-order valence-electron chi connectivity index (χ0n) is 14.3. The predicted molar refractivity (Wildman–Crippen MR) is 99.9 cm³/mol. The first kappa shape index (κ1) is 17.5. The maximum absolute atomic E-state index is 12.3. The third kappa shape index (κ3) is 4.38. The van der Waals surface area contributed by atoms with E-state index in [2.05, 4.69) is 16.0 Å². The molecule has 3 rings (SSSR count). The van der Waals surface area contributed by atoms with Gasteiger partial charge in [-0.1, -0.05) is 13.0 Å². The first-order valence-electron chi connectivity index (χ1n) is 8.31. The molecule has 7 nitrogen and oxygen atoms in total. The van der Waals surface area contributed by atoms with Gasteiger partial charge in [0.05, 0.1) is 0 Å². The van der Waals surface area contributed by atoms with E-state index in [0.717, 1.165) is 6.42 Å². The number of amides is 4. The third-order valence-electron chi connectivity index (χ3n) is 4.25. The molecule has 1 fully saturated rings. The second kappa shape index (κ2) is 7.26. The van der Waals surface area contributed by atoms with Gasteiger partial charge in [0.15, 0.2) is 0 Å². The molecule has 0 aromatic heterocycles. The van der Waals surface area contributed by atoms with Crippen molar-refractivity contribution < 1.29 is 14.4 Å². The van der Waals surface area contributed by atoms with Crippen LogP contribution in [0.15, 0.2) is 48.5 Å². The molecular weight excluding hydrogens is 332 g/mol. The summed E-state index contributed by atoms with van der Waals surface area (Å²) in [5.41, 5.74) is 7.22. The van der Waals surface area contributed by atoms with E-state index < -0.39 is 6.03 Å². The van der Waals surface area contributed by atoms with Gasteiger partial charge >= 0.3 is 6.03 Å². The standard InChI is InChI=1S/C19H20N4O3/c1-11-9-16(11)18(25)21-13-7-5-12(6-8-13)17(24)22-14-3-2-4-15(10-14)23-19(20)26/h2-8,10-11,16H,9H2,1H3,(H,21,25)(H,22,24)(H3,20,23,26)/t11-,16-/m1/s1. The van der Waals surface area contributed by atoms with E-state index in [0.29, 0.717) is 28.5 Å². The molecule has 1 aliphatic carbocycles. The number of anilines is 3. The Morgan fingerprint density at radius 1 is 0.923 bits per heavy atom. The molecule has 5 N–H and O–H groups in total. The Morgan fingerprint density at radius 3 is 2.12 bits per heavy atom. The lowest BCUT2D eigenvalue weighted by molar-refractivity contribution is -0.117. The van der Waals surface area contributed by atoms with Crippen LogP contribution in [0.1, 0.15) is 23.7 Å². The van der Waals surface area contributed by atoms with Crippen molar-refractivity contribution in [1.82, 2.24) is 0 Å². The van der Waals surface area contributed by atoms with Gasteiger partial charge in [-0.25, -0.2) is 4.79 Å². The van der Waals surface area contributed by atoms with Crippen LogP contribution in [-0.2, 0) is 4.79 Å². The van der Waals surface area contributed by atoms with E-state index in [1.807, 2.05) is 6.92 Å². The summed E-state index contributed by atoms with van der Waals surface area (Å²) in [6, 6.07) is 12.7. The number of primary amides is 1. The molecule has 0 radical (unpaired) electrons. The fourth-order valence-corrected chi connectivity index (χ4v) is 2.65. The van der Waals surface area contributed by atoms with Gasteiger partial charge in [-0.15, -0.1) is 0 Å². The molecule has 4 amide bonds. The minimum absolute atomic E-state index is 0.0217.